The summed E-state index contributed by atoms with van der Waals surface area (Å²) in [7, 11) is 1.93. The number of carbonyl (C=O) groups is 1. The third-order valence-corrected chi connectivity index (χ3v) is 5.47. The van der Waals surface area contributed by atoms with Crippen molar-refractivity contribution >= 4 is 17.7 Å². The van der Waals surface area contributed by atoms with E-state index in [2.05, 4.69) is 15.0 Å². The zero-order valence-corrected chi connectivity index (χ0v) is 14.2. The SMILES string of the molecule is CSCc1noc(CN2CCC3(CCC(=O)N(C)C3)CC2)n1. The minimum atomic E-state index is 0.292. The number of piperidine rings is 2. The van der Waals surface area contributed by atoms with Crippen molar-refractivity contribution in [3.63, 3.8) is 0 Å². The van der Waals surface area contributed by atoms with E-state index in [-0.39, 0.29) is 0 Å². The zero-order valence-electron chi connectivity index (χ0n) is 13.4. The Labute approximate surface area is 135 Å². The van der Waals surface area contributed by atoms with Crippen LogP contribution in [-0.4, -0.2) is 58.8 Å². The molecular weight excluding hydrogens is 300 g/mol. The largest absolute Gasteiger partial charge is 0.345 e. The van der Waals surface area contributed by atoms with E-state index in [4.69, 9.17) is 4.52 Å². The maximum absolute atomic E-state index is 11.7. The molecule has 0 atom stereocenters. The predicted octanol–water partition coefficient (Wildman–Crippen LogP) is 1.77. The Morgan fingerprint density at radius 3 is 2.77 bits per heavy atom. The van der Waals surface area contributed by atoms with E-state index >= 15 is 0 Å². The standard InChI is InChI=1S/C15H24N4O2S/c1-18-11-15(4-3-14(18)20)5-7-19(8-6-15)9-13-16-12(10-22-2)17-21-13/h3-11H2,1-2H3. The van der Waals surface area contributed by atoms with Crippen LogP contribution in [0.25, 0.3) is 0 Å². The highest BCUT2D eigenvalue weighted by Crippen LogP contribution is 2.39. The molecule has 1 amide bonds. The van der Waals surface area contributed by atoms with Crippen molar-refractivity contribution in [3.05, 3.63) is 11.7 Å². The lowest BCUT2D eigenvalue weighted by Crippen LogP contribution is -2.50. The van der Waals surface area contributed by atoms with Gasteiger partial charge in [0.05, 0.1) is 12.3 Å². The zero-order chi connectivity index (χ0) is 15.6. The Hall–Kier alpha value is -1.08. The van der Waals surface area contributed by atoms with Gasteiger partial charge in [0.2, 0.25) is 11.8 Å². The summed E-state index contributed by atoms with van der Waals surface area (Å²) in [6, 6.07) is 0. The van der Waals surface area contributed by atoms with Crippen LogP contribution in [0.2, 0.25) is 0 Å². The van der Waals surface area contributed by atoms with Crippen LogP contribution in [0.4, 0.5) is 0 Å². The summed E-state index contributed by atoms with van der Waals surface area (Å²) in [4.78, 5) is 20.4. The molecule has 0 radical (unpaired) electrons. The molecular formula is C15H24N4O2S. The van der Waals surface area contributed by atoms with E-state index in [9.17, 15) is 4.79 Å². The van der Waals surface area contributed by atoms with Crippen LogP contribution in [-0.2, 0) is 17.1 Å². The first-order chi connectivity index (χ1) is 10.6. The van der Waals surface area contributed by atoms with Gasteiger partial charge in [-0.2, -0.15) is 16.7 Å². The lowest BCUT2D eigenvalue weighted by atomic mass is 9.72. The number of thioether (sulfide) groups is 1. The Morgan fingerprint density at radius 1 is 1.32 bits per heavy atom. The second kappa shape index (κ2) is 6.58. The summed E-state index contributed by atoms with van der Waals surface area (Å²) in [5.74, 6) is 2.59. The van der Waals surface area contributed by atoms with E-state index in [1.165, 1.54) is 0 Å². The fourth-order valence-electron chi connectivity index (χ4n) is 3.56. The van der Waals surface area contributed by atoms with Gasteiger partial charge in [-0.05, 0) is 44.0 Å². The van der Waals surface area contributed by atoms with Gasteiger partial charge >= 0.3 is 0 Å². The first-order valence-electron chi connectivity index (χ1n) is 7.87. The number of hydrogen-bond acceptors (Lipinski definition) is 6. The van der Waals surface area contributed by atoms with Crippen molar-refractivity contribution in [1.29, 1.82) is 0 Å². The van der Waals surface area contributed by atoms with Crippen molar-refractivity contribution in [3.8, 4) is 0 Å². The first kappa shape index (κ1) is 15.8. The average Bonchev–Trinajstić information content (AvgIpc) is 2.94. The maximum atomic E-state index is 11.7. The molecule has 2 aliphatic heterocycles. The van der Waals surface area contributed by atoms with Crippen LogP contribution in [0.5, 0.6) is 0 Å². The predicted molar refractivity (Wildman–Crippen MR) is 85.3 cm³/mol. The van der Waals surface area contributed by atoms with E-state index in [1.54, 1.807) is 11.8 Å². The average molecular weight is 324 g/mol. The Kier molecular flexibility index (Phi) is 4.73. The number of nitrogens with zero attached hydrogens (tertiary/aromatic N) is 4. The molecule has 0 saturated carbocycles. The summed E-state index contributed by atoms with van der Waals surface area (Å²) in [6.07, 6.45) is 6.08. The minimum absolute atomic E-state index is 0.292. The third kappa shape index (κ3) is 3.46. The molecule has 6 nitrogen and oxygen atoms in total. The van der Waals surface area contributed by atoms with E-state index in [0.717, 1.165) is 62.9 Å². The molecule has 7 heteroatoms. The number of rotatable bonds is 4. The fraction of sp³-hybridized carbons (Fsp3) is 0.800. The van der Waals surface area contributed by atoms with Crippen molar-refractivity contribution in [2.45, 2.75) is 38.0 Å². The van der Waals surface area contributed by atoms with Crippen LogP contribution in [0.15, 0.2) is 4.52 Å². The second-order valence-corrected chi connectivity index (χ2v) is 7.43. The molecule has 2 fully saturated rings. The normalized spacial score (nSPS) is 22.5. The van der Waals surface area contributed by atoms with Gasteiger partial charge in [-0.25, -0.2) is 0 Å². The summed E-state index contributed by atoms with van der Waals surface area (Å²) in [5, 5.41) is 4.00. The molecule has 1 aromatic heterocycles. The van der Waals surface area contributed by atoms with Gasteiger partial charge in [0.15, 0.2) is 5.82 Å². The molecule has 1 aromatic rings. The van der Waals surface area contributed by atoms with E-state index < -0.39 is 0 Å². The Bertz CT molecular complexity index is 525. The summed E-state index contributed by atoms with van der Waals surface area (Å²) >= 11 is 1.70. The molecule has 0 unspecified atom stereocenters. The molecule has 3 rings (SSSR count). The summed E-state index contributed by atoms with van der Waals surface area (Å²) in [6.45, 7) is 3.74. The molecule has 22 heavy (non-hydrogen) atoms. The van der Waals surface area contributed by atoms with Gasteiger partial charge in [-0.3, -0.25) is 9.69 Å². The highest BCUT2D eigenvalue weighted by molar-refractivity contribution is 7.97. The molecule has 0 N–H and O–H groups in total. The van der Waals surface area contributed by atoms with Crippen molar-refractivity contribution < 1.29 is 9.32 Å². The van der Waals surface area contributed by atoms with Gasteiger partial charge in [0.1, 0.15) is 0 Å². The van der Waals surface area contributed by atoms with Gasteiger partial charge in [-0.1, -0.05) is 5.16 Å². The number of aromatic nitrogens is 2. The first-order valence-corrected chi connectivity index (χ1v) is 9.26. The number of amides is 1. The van der Waals surface area contributed by atoms with Gasteiger partial charge in [-0.15, -0.1) is 0 Å². The molecule has 1 spiro atoms. The number of hydrogen-bond donors (Lipinski definition) is 0. The lowest BCUT2D eigenvalue weighted by Gasteiger charge is -2.46. The van der Waals surface area contributed by atoms with E-state index in [1.807, 2.05) is 18.2 Å². The molecule has 122 valence electrons. The Balaban J connectivity index is 1.52. The fourth-order valence-corrected chi connectivity index (χ4v) is 3.94. The van der Waals surface area contributed by atoms with Crippen LogP contribution >= 0.6 is 11.8 Å². The maximum Gasteiger partial charge on any atom is 0.240 e. The molecule has 2 aliphatic rings. The van der Waals surface area contributed by atoms with Gasteiger partial charge in [0, 0.05) is 20.0 Å². The minimum Gasteiger partial charge on any atom is -0.345 e. The van der Waals surface area contributed by atoms with Crippen LogP contribution in [0, 0.1) is 5.41 Å². The number of carbonyl (C=O) groups excluding carboxylic acids is 1. The summed E-state index contributed by atoms with van der Waals surface area (Å²) < 4.78 is 5.32. The lowest BCUT2D eigenvalue weighted by molar-refractivity contribution is -0.137. The molecule has 0 aliphatic carbocycles. The van der Waals surface area contributed by atoms with E-state index in [0.29, 0.717) is 17.7 Å². The Morgan fingerprint density at radius 2 is 2.09 bits per heavy atom. The second-order valence-electron chi connectivity index (χ2n) is 6.56. The van der Waals surface area contributed by atoms with Crippen molar-refractivity contribution in [2.24, 2.45) is 5.41 Å². The quantitative estimate of drug-likeness (QED) is 0.841. The van der Waals surface area contributed by atoms with Gasteiger partial charge < -0.3 is 9.42 Å². The molecule has 0 aromatic carbocycles. The summed E-state index contributed by atoms with van der Waals surface area (Å²) in [5.41, 5.74) is 0.331. The van der Waals surface area contributed by atoms with Crippen LogP contribution < -0.4 is 0 Å². The monoisotopic (exact) mass is 324 g/mol. The highest BCUT2D eigenvalue weighted by Gasteiger charge is 2.39. The smallest absolute Gasteiger partial charge is 0.240 e. The highest BCUT2D eigenvalue weighted by atomic mass is 32.2. The van der Waals surface area contributed by atoms with Crippen LogP contribution in [0.3, 0.4) is 0 Å². The van der Waals surface area contributed by atoms with Crippen molar-refractivity contribution in [2.75, 3.05) is 32.9 Å². The van der Waals surface area contributed by atoms with Crippen LogP contribution in [0.1, 0.15) is 37.4 Å². The molecule has 3 heterocycles. The molecule has 2 saturated heterocycles. The molecule has 0 bridgehead atoms. The van der Waals surface area contributed by atoms with Gasteiger partial charge in [0.25, 0.3) is 0 Å². The van der Waals surface area contributed by atoms with Crippen molar-refractivity contribution in [1.82, 2.24) is 19.9 Å². The number of likely N-dealkylation sites (tertiary alicyclic amines) is 2. The third-order valence-electron chi connectivity index (χ3n) is 4.93. The topological polar surface area (TPSA) is 62.5 Å².